The van der Waals surface area contributed by atoms with Crippen LogP contribution in [0.25, 0.3) is 5.76 Å². The predicted molar refractivity (Wildman–Crippen MR) is 126 cm³/mol. The van der Waals surface area contributed by atoms with Crippen molar-refractivity contribution < 1.29 is 28.9 Å². The molecule has 1 fully saturated rings. The topological polar surface area (TPSA) is 85.3 Å². The van der Waals surface area contributed by atoms with Gasteiger partial charge in [-0.3, -0.25) is 9.59 Å². The predicted octanol–water partition coefficient (Wildman–Crippen LogP) is 4.98. The van der Waals surface area contributed by atoms with E-state index in [0.29, 0.717) is 23.6 Å². The maximum atomic E-state index is 13.2. The van der Waals surface area contributed by atoms with Crippen LogP contribution >= 0.6 is 11.6 Å². The molecule has 0 aliphatic carbocycles. The van der Waals surface area contributed by atoms with E-state index in [2.05, 4.69) is 6.92 Å². The van der Waals surface area contributed by atoms with Gasteiger partial charge in [-0.15, -0.1) is 0 Å². The molecule has 33 heavy (non-hydrogen) atoms. The van der Waals surface area contributed by atoms with Gasteiger partial charge in [-0.2, -0.15) is 0 Å². The number of benzene rings is 2. The third-order valence-corrected chi connectivity index (χ3v) is 5.98. The van der Waals surface area contributed by atoms with E-state index in [1.165, 1.54) is 31.3 Å². The van der Waals surface area contributed by atoms with E-state index in [1.807, 2.05) is 0 Å². The molecule has 1 aliphatic rings. The van der Waals surface area contributed by atoms with Crippen molar-refractivity contribution in [2.75, 3.05) is 27.9 Å². The minimum Gasteiger partial charge on any atom is -0.507 e. The Kier molecular flexibility index (Phi) is 7.87. The molecule has 2 aromatic rings. The lowest BCUT2D eigenvalue weighted by Gasteiger charge is -2.25. The van der Waals surface area contributed by atoms with Crippen LogP contribution in [0, 0.1) is 0 Å². The summed E-state index contributed by atoms with van der Waals surface area (Å²) < 4.78 is 16.0. The summed E-state index contributed by atoms with van der Waals surface area (Å²) in [6, 6.07) is 9.33. The van der Waals surface area contributed by atoms with Crippen molar-refractivity contribution in [3.8, 4) is 17.2 Å². The maximum absolute atomic E-state index is 13.2. The number of hydrogen-bond donors (Lipinski definition) is 1. The van der Waals surface area contributed by atoms with E-state index < -0.39 is 17.7 Å². The Balaban J connectivity index is 2.22. The lowest BCUT2D eigenvalue weighted by Crippen LogP contribution is -2.30. The normalized spacial score (nSPS) is 17.4. The smallest absolute Gasteiger partial charge is 0.295 e. The number of amides is 1. The highest BCUT2D eigenvalue weighted by Crippen LogP contribution is 2.43. The third kappa shape index (κ3) is 4.78. The first kappa shape index (κ1) is 24.5. The number of hydrogen-bond acceptors (Lipinski definition) is 6. The van der Waals surface area contributed by atoms with Crippen molar-refractivity contribution in [2.45, 2.75) is 32.2 Å². The van der Waals surface area contributed by atoms with Gasteiger partial charge in [0.25, 0.3) is 11.7 Å². The summed E-state index contributed by atoms with van der Waals surface area (Å²) in [5.41, 5.74) is 0.831. The second-order valence-electron chi connectivity index (χ2n) is 7.66. The number of Topliss-reactive ketones (excluding diaryl/α,β-unsaturated/α-hetero) is 1. The van der Waals surface area contributed by atoms with Crippen LogP contribution in [0.2, 0.25) is 5.02 Å². The van der Waals surface area contributed by atoms with Gasteiger partial charge in [0.1, 0.15) is 23.0 Å². The molecular formula is C25H28ClNO6. The van der Waals surface area contributed by atoms with Gasteiger partial charge in [-0.05, 0) is 30.2 Å². The van der Waals surface area contributed by atoms with E-state index in [4.69, 9.17) is 25.8 Å². The fourth-order valence-corrected chi connectivity index (χ4v) is 4.23. The van der Waals surface area contributed by atoms with Crippen LogP contribution in [0.5, 0.6) is 17.2 Å². The molecule has 0 aromatic heterocycles. The van der Waals surface area contributed by atoms with E-state index in [0.717, 1.165) is 19.3 Å². The Labute approximate surface area is 198 Å². The standard InChI is InChI=1S/C25H28ClNO6/c1-5-6-7-11-27-22(15-9-8-10-16(12-15)31-2)21(24(29)25(27)30)23(28)17-13-18(26)20(33-4)14-19(17)32-3/h8-10,12-14,22,28H,5-7,11H2,1-4H3/b23-21+. The molecule has 0 spiro atoms. The molecule has 0 radical (unpaired) electrons. The summed E-state index contributed by atoms with van der Waals surface area (Å²) in [7, 11) is 4.44. The first-order valence-corrected chi connectivity index (χ1v) is 11.1. The molecule has 1 unspecified atom stereocenters. The minimum absolute atomic E-state index is 0.0238. The molecule has 176 valence electrons. The number of halogens is 1. The van der Waals surface area contributed by atoms with Gasteiger partial charge >= 0.3 is 0 Å². The summed E-state index contributed by atoms with van der Waals surface area (Å²) in [6.07, 6.45) is 2.62. The molecule has 1 atom stereocenters. The maximum Gasteiger partial charge on any atom is 0.295 e. The van der Waals surface area contributed by atoms with Crippen LogP contribution in [0.3, 0.4) is 0 Å². The monoisotopic (exact) mass is 473 g/mol. The number of ether oxygens (including phenoxy) is 3. The van der Waals surface area contributed by atoms with Crippen LogP contribution in [0.1, 0.15) is 43.4 Å². The summed E-state index contributed by atoms with van der Waals surface area (Å²) in [6.45, 7) is 2.45. The molecule has 8 heteroatoms. The van der Waals surface area contributed by atoms with Crippen molar-refractivity contribution in [3.63, 3.8) is 0 Å². The molecule has 3 rings (SSSR count). The van der Waals surface area contributed by atoms with Gasteiger partial charge in [-0.25, -0.2) is 0 Å². The summed E-state index contributed by atoms with van der Waals surface area (Å²) in [5, 5.41) is 11.6. The second-order valence-corrected chi connectivity index (χ2v) is 8.07. The van der Waals surface area contributed by atoms with Crippen LogP contribution in [0.15, 0.2) is 42.0 Å². The zero-order chi connectivity index (χ0) is 24.1. The van der Waals surface area contributed by atoms with Gasteiger partial charge in [0, 0.05) is 12.6 Å². The van der Waals surface area contributed by atoms with Gasteiger partial charge in [0.05, 0.1) is 43.5 Å². The van der Waals surface area contributed by atoms with Crippen molar-refractivity contribution in [3.05, 3.63) is 58.1 Å². The number of aliphatic hydroxyl groups excluding tert-OH is 1. The number of carbonyl (C=O) groups is 2. The van der Waals surface area contributed by atoms with Crippen LogP contribution < -0.4 is 14.2 Å². The van der Waals surface area contributed by atoms with Crippen LogP contribution in [-0.4, -0.2) is 49.6 Å². The zero-order valence-electron chi connectivity index (χ0n) is 19.2. The van der Waals surface area contributed by atoms with Crippen LogP contribution in [-0.2, 0) is 9.59 Å². The molecule has 1 heterocycles. The van der Waals surface area contributed by atoms with Gasteiger partial charge in [0.2, 0.25) is 0 Å². The number of carbonyl (C=O) groups excluding carboxylic acids is 2. The fourth-order valence-electron chi connectivity index (χ4n) is 3.99. The van der Waals surface area contributed by atoms with Crippen molar-refractivity contribution >= 4 is 29.1 Å². The highest BCUT2D eigenvalue weighted by Gasteiger charge is 2.46. The van der Waals surface area contributed by atoms with Gasteiger partial charge < -0.3 is 24.2 Å². The van der Waals surface area contributed by atoms with Gasteiger partial charge in [0.15, 0.2) is 0 Å². The number of unbranched alkanes of at least 4 members (excludes halogenated alkanes) is 2. The Morgan fingerprint density at radius 3 is 2.39 bits per heavy atom. The van der Waals surface area contributed by atoms with Crippen molar-refractivity contribution in [1.29, 1.82) is 0 Å². The molecule has 0 saturated carbocycles. The number of rotatable bonds is 9. The van der Waals surface area contributed by atoms with Gasteiger partial charge in [-0.1, -0.05) is 43.5 Å². The van der Waals surface area contributed by atoms with E-state index in [-0.39, 0.29) is 27.7 Å². The number of nitrogens with zero attached hydrogens (tertiary/aromatic N) is 1. The van der Waals surface area contributed by atoms with E-state index in [1.54, 1.807) is 31.4 Å². The van der Waals surface area contributed by atoms with Crippen molar-refractivity contribution in [2.24, 2.45) is 0 Å². The molecule has 7 nitrogen and oxygen atoms in total. The Bertz CT molecular complexity index is 1080. The Morgan fingerprint density at radius 1 is 1.03 bits per heavy atom. The minimum atomic E-state index is -0.775. The molecule has 1 amide bonds. The highest BCUT2D eigenvalue weighted by atomic mass is 35.5. The molecule has 1 saturated heterocycles. The highest BCUT2D eigenvalue weighted by molar-refractivity contribution is 6.46. The fraction of sp³-hybridized carbons (Fsp3) is 0.360. The number of likely N-dealkylation sites (tertiary alicyclic amines) is 1. The van der Waals surface area contributed by atoms with Crippen molar-refractivity contribution in [1.82, 2.24) is 4.90 Å². The average Bonchev–Trinajstić information content (AvgIpc) is 3.08. The largest absolute Gasteiger partial charge is 0.507 e. The Morgan fingerprint density at radius 2 is 1.76 bits per heavy atom. The number of methoxy groups -OCH3 is 3. The summed E-state index contributed by atoms with van der Waals surface area (Å²) in [5.74, 6) is -0.577. The number of aliphatic hydroxyl groups is 1. The van der Waals surface area contributed by atoms with E-state index in [9.17, 15) is 14.7 Å². The Hall–Kier alpha value is -3.19. The third-order valence-electron chi connectivity index (χ3n) is 5.68. The quantitative estimate of drug-likeness (QED) is 0.239. The lowest BCUT2D eigenvalue weighted by atomic mass is 9.94. The second kappa shape index (κ2) is 10.6. The first-order valence-electron chi connectivity index (χ1n) is 10.7. The molecule has 0 bridgehead atoms. The molecule has 2 aromatic carbocycles. The molecule has 1 N–H and O–H groups in total. The molecular weight excluding hydrogens is 446 g/mol. The summed E-state index contributed by atoms with van der Waals surface area (Å²) in [4.78, 5) is 27.7. The summed E-state index contributed by atoms with van der Waals surface area (Å²) >= 11 is 6.29. The van der Waals surface area contributed by atoms with Crippen LogP contribution in [0.4, 0.5) is 0 Å². The first-order chi connectivity index (χ1) is 15.9. The zero-order valence-corrected chi connectivity index (χ0v) is 19.9. The average molecular weight is 474 g/mol. The molecule has 1 aliphatic heterocycles. The number of ketones is 1. The SMILES string of the molecule is CCCCCN1C(=O)C(=O)/C(=C(/O)c2cc(Cl)c(OC)cc2OC)C1c1cccc(OC)c1. The lowest BCUT2D eigenvalue weighted by molar-refractivity contribution is -0.139. The van der Waals surface area contributed by atoms with E-state index >= 15 is 0 Å².